The van der Waals surface area contributed by atoms with Gasteiger partial charge in [0.2, 0.25) is 0 Å². The molecule has 0 fully saturated rings. The number of benzene rings is 1. The highest BCUT2D eigenvalue weighted by Crippen LogP contribution is 2.18. The summed E-state index contributed by atoms with van der Waals surface area (Å²) in [6, 6.07) is 10.3. The van der Waals surface area contributed by atoms with Crippen LogP contribution in [0.15, 0.2) is 47.1 Å². The van der Waals surface area contributed by atoms with Gasteiger partial charge in [0.25, 0.3) is 5.91 Å². The Labute approximate surface area is 146 Å². The Hall–Kier alpha value is -2.96. The monoisotopic (exact) mass is 345 g/mol. The van der Waals surface area contributed by atoms with Crippen LogP contribution in [0.5, 0.6) is 5.75 Å². The normalized spacial score (nSPS) is 11.4. The topological polar surface area (TPSA) is 92.6 Å². The molecule has 1 aromatic carbocycles. The van der Waals surface area contributed by atoms with Gasteiger partial charge in [0.05, 0.1) is 18.9 Å². The number of nitrogens with one attached hydrogen (secondary N) is 3. The highest BCUT2D eigenvalue weighted by atomic mass is 16.5. The van der Waals surface area contributed by atoms with Crippen molar-refractivity contribution in [2.45, 2.75) is 19.9 Å². The Bertz CT molecular complexity index is 685. The molecule has 134 valence electrons. The van der Waals surface area contributed by atoms with Crippen LogP contribution in [0.4, 0.5) is 4.79 Å². The van der Waals surface area contributed by atoms with Gasteiger partial charge >= 0.3 is 6.03 Å². The maximum absolute atomic E-state index is 11.9. The number of furan rings is 1. The van der Waals surface area contributed by atoms with Crippen molar-refractivity contribution in [3.63, 3.8) is 0 Å². The number of carbonyl (C=O) groups is 2. The third-order valence-electron chi connectivity index (χ3n) is 3.46. The SMILES string of the molecule is CCOc1cccc([C@@H](C)NC(=O)NCCNC(=O)c2ccco2)c1. The molecular weight excluding hydrogens is 322 g/mol. The number of hydrogen-bond donors (Lipinski definition) is 3. The van der Waals surface area contributed by atoms with Crippen LogP contribution in [-0.4, -0.2) is 31.6 Å². The number of ether oxygens (including phenoxy) is 1. The molecule has 0 saturated heterocycles. The maximum Gasteiger partial charge on any atom is 0.315 e. The number of urea groups is 1. The molecule has 1 atom stereocenters. The average molecular weight is 345 g/mol. The molecule has 3 N–H and O–H groups in total. The summed E-state index contributed by atoms with van der Waals surface area (Å²) in [4.78, 5) is 23.6. The Morgan fingerprint density at radius 2 is 1.96 bits per heavy atom. The van der Waals surface area contributed by atoms with E-state index >= 15 is 0 Å². The van der Waals surface area contributed by atoms with Crippen molar-refractivity contribution >= 4 is 11.9 Å². The van der Waals surface area contributed by atoms with Gasteiger partial charge in [-0.3, -0.25) is 4.79 Å². The molecule has 3 amide bonds. The minimum atomic E-state index is -0.312. The lowest BCUT2D eigenvalue weighted by atomic mass is 10.1. The molecule has 0 spiro atoms. The second kappa shape index (κ2) is 9.36. The van der Waals surface area contributed by atoms with E-state index in [1.807, 2.05) is 38.1 Å². The molecule has 7 nitrogen and oxygen atoms in total. The van der Waals surface area contributed by atoms with Crippen LogP contribution in [-0.2, 0) is 0 Å². The molecule has 0 bridgehead atoms. The van der Waals surface area contributed by atoms with Crippen LogP contribution >= 0.6 is 0 Å². The van der Waals surface area contributed by atoms with Gasteiger partial charge < -0.3 is 25.1 Å². The quantitative estimate of drug-likeness (QED) is 0.641. The van der Waals surface area contributed by atoms with Gasteiger partial charge in [-0.05, 0) is 43.7 Å². The average Bonchev–Trinajstić information content (AvgIpc) is 3.14. The van der Waals surface area contributed by atoms with Crippen molar-refractivity contribution in [2.75, 3.05) is 19.7 Å². The molecular formula is C18H23N3O4. The van der Waals surface area contributed by atoms with Crippen LogP contribution < -0.4 is 20.7 Å². The van der Waals surface area contributed by atoms with Crippen LogP contribution in [0.2, 0.25) is 0 Å². The number of hydrogen-bond acceptors (Lipinski definition) is 4. The van der Waals surface area contributed by atoms with E-state index in [9.17, 15) is 9.59 Å². The number of amides is 3. The van der Waals surface area contributed by atoms with Crippen molar-refractivity contribution in [3.8, 4) is 5.75 Å². The van der Waals surface area contributed by atoms with Gasteiger partial charge in [-0.25, -0.2) is 4.79 Å². The molecule has 0 aliphatic rings. The van der Waals surface area contributed by atoms with Gasteiger partial charge in [0, 0.05) is 13.1 Å². The standard InChI is InChI=1S/C18H23N3O4/c1-3-24-15-7-4-6-14(12-15)13(2)21-18(23)20-10-9-19-17(22)16-8-5-11-25-16/h4-8,11-13H,3,9-10H2,1-2H3,(H,19,22)(H2,20,21,23)/t13-/m1/s1. The first-order chi connectivity index (χ1) is 12.1. The van der Waals surface area contributed by atoms with E-state index < -0.39 is 0 Å². The molecule has 2 aromatic rings. The molecule has 0 aliphatic heterocycles. The summed E-state index contributed by atoms with van der Waals surface area (Å²) in [7, 11) is 0. The lowest BCUT2D eigenvalue weighted by molar-refractivity contribution is 0.0926. The van der Waals surface area contributed by atoms with Gasteiger partial charge in [-0.2, -0.15) is 0 Å². The molecule has 25 heavy (non-hydrogen) atoms. The van der Waals surface area contributed by atoms with E-state index in [1.165, 1.54) is 6.26 Å². The fourth-order valence-electron chi connectivity index (χ4n) is 2.22. The van der Waals surface area contributed by atoms with Gasteiger partial charge in [0.15, 0.2) is 5.76 Å². The Morgan fingerprint density at radius 1 is 1.16 bits per heavy atom. The fourth-order valence-corrected chi connectivity index (χ4v) is 2.22. The van der Waals surface area contributed by atoms with E-state index in [4.69, 9.17) is 9.15 Å². The van der Waals surface area contributed by atoms with E-state index in [0.29, 0.717) is 19.7 Å². The predicted molar refractivity (Wildman–Crippen MR) is 93.6 cm³/mol. The summed E-state index contributed by atoms with van der Waals surface area (Å²) in [5, 5.41) is 8.20. The molecule has 1 aromatic heterocycles. The Morgan fingerprint density at radius 3 is 2.68 bits per heavy atom. The molecule has 0 radical (unpaired) electrons. The van der Waals surface area contributed by atoms with E-state index in [2.05, 4.69) is 16.0 Å². The van der Waals surface area contributed by atoms with Crippen LogP contribution in [0.25, 0.3) is 0 Å². The van der Waals surface area contributed by atoms with Crippen LogP contribution in [0.3, 0.4) is 0 Å². The zero-order chi connectivity index (χ0) is 18.1. The van der Waals surface area contributed by atoms with E-state index in [0.717, 1.165) is 11.3 Å². The Kier molecular flexibility index (Phi) is 6.88. The summed E-state index contributed by atoms with van der Waals surface area (Å²) < 4.78 is 10.4. The fraction of sp³-hybridized carbons (Fsp3) is 0.333. The first kappa shape index (κ1) is 18.4. The van der Waals surface area contributed by atoms with Gasteiger partial charge in [-0.1, -0.05) is 12.1 Å². The summed E-state index contributed by atoms with van der Waals surface area (Å²) in [5.41, 5.74) is 0.951. The molecule has 2 rings (SSSR count). The molecule has 0 saturated carbocycles. The summed E-state index contributed by atoms with van der Waals surface area (Å²) in [6.45, 7) is 5.02. The third-order valence-corrected chi connectivity index (χ3v) is 3.46. The zero-order valence-electron chi connectivity index (χ0n) is 14.4. The van der Waals surface area contributed by atoms with Crippen molar-refractivity contribution in [1.29, 1.82) is 0 Å². The predicted octanol–water partition coefficient (Wildman–Crippen LogP) is 2.47. The maximum atomic E-state index is 11.9. The first-order valence-electron chi connectivity index (χ1n) is 8.19. The van der Waals surface area contributed by atoms with E-state index in [-0.39, 0.29) is 23.7 Å². The first-order valence-corrected chi connectivity index (χ1v) is 8.19. The molecule has 0 aliphatic carbocycles. The summed E-state index contributed by atoms with van der Waals surface area (Å²) >= 11 is 0. The minimum absolute atomic E-state index is 0.168. The lowest BCUT2D eigenvalue weighted by Gasteiger charge is -2.16. The second-order valence-electron chi connectivity index (χ2n) is 5.36. The van der Waals surface area contributed by atoms with Crippen molar-refractivity contribution < 1.29 is 18.7 Å². The highest BCUT2D eigenvalue weighted by molar-refractivity contribution is 5.91. The van der Waals surface area contributed by atoms with Crippen LogP contribution in [0, 0.1) is 0 Å². The van der Waals surface area contributed by atoms with Gasteiger partial charge in [0.1, 0.15) is 5.75 Å². The summed E-state index contributed by atoms with van der Waals surface area (Å²) in [6.07, 6.45) is 1.43. The number of carbonyl (C=O) groups excluding carboxylic acids is 2. The molecule has 7 heteroatoms. The van der Waals surface area contributed by atoms with Crippen molar-refractivity contribution in [3.05, 3.63) is 54.0 Å². The van der Waals surface area contributed by atoms with Crippen molar-refractivity contribution in [2.24, 2.45) is 0 Å². The number of rotatable bonds is 8. The van der Waals surface area contributed by atoms with Crippen LogP contribution in [0.1, 0.15) is 36.0 Å². The molecule has 0 unspecified atom stereocenters. The van der Waals surface area contributed by atoms with E-state index in [1.54, 1.807) is 12.1 Å². The Balaban J connectivity index is 1.70. The zero-order valence-corrected chi connectivity index (χ0v) is 14.4. The summed E-state index contributed by atoms with van der Waals surface area (Å²) in [5.74, 6) is 0.704. The third kappa shape index (κ3) is 5.87. The van der Waals surface area contributed by atoms with Gasteiger partial charge in [-0.15, -0.1) is 0 Å². The lowest BCUT2D eigenvalue weighted by Crippen LogP contribution is -2.41. The second-order valence-corrected chi connectivity index (χ2v) is 5.36. The smallest absolute Gasteiger partial charge is 0.315 e. The molecule has 1 heterocycles. The largest absolute Gasteiger partial charge is 0.494 e. The highest BCUT2D eigenvalue weighted by Gasteiger charge is 2.11. The van der Waals surface area contributed by atoms with Crippen molar-refractivity contribution in [1.82, 2.24) is 16.0 Å². The minimum Gasteiger partial charge on any atom is -0.494 e.